The Kier molecular flexibility index (Phi) is 6.49. The number of aliphatic hydroxyl groups is 1. The van der Waals surface area contributed by atoms with E-state index in [4.69, 9.17) is 10.2 Å². The van der Waals surface area contributed by atoms with E-state index in [0.29, 0.717) is 12.3 Å². The van der Waals surface area contributed by atoms with Gasteiger partial charge in [0.15, 0.2) is 0 Å². The number of carboxylic acids is 1. The lowest BCUT2D eigenvalue weighted by molar-refractivity contribution is -0.137. The van der Waals surface area contributed by atoms with Gasteiger partial charge >= 0.3 is 5.97 Å². The van der Waals surface area contributed by atoms with Gasteiger partial charge in [0.05, 0.1) is 6.61 Å². The van der Waals surface area contributed by atoms with E-state index >= 15 is 0 Å². The van der Waals surface area contributed by atoms with Crippen LogP contribution in [0.3, 0.4) is 0 Å². The standard InChI is InChI=1S/C10H21NO3/c1-7(2)9(6-12)11-8(3)4-5-10(13)14/h7-9,11-12H,4-6H2,1-3H3,(H,13,14)/t8?,9-/m1/s1. The monoisotopic (exact) mass is 203 g/mol. The molecule has 0 aromatic heterocycles. The van der Waals surface area contributed by atoms with E-state index in [9.17, 15) is 4.79 Å². The summed E-state index contributed by atoms with van der Waals surface area (Å²) < 4.78 is 0. The number of hydrogen-bond acceptors (Lipinski definition) is 3. The summed E-state index contributed by atoms with van der Waals surface area (Å²) in [5.74, 6) is -0.420. The quantitative estimate of drug-likeness (QED) is 0.573. The first-order valence-corrected chi connectivity index (χ1v) is 5.06. The fourth-order valence-electron chi connectivity index (χ4n) is 1.24. The van der Waals surface area contributed by atoms with Crippen molar-refractivity contribution in [3.63, 3.8) is 0 Å². The second-order valence-corrected chi connectivity index (χ2v) is 4.03. The maximum atomic E-state index is 10.3. The zero-order valence-corrected chi connectivity index (χ0v) is 9.16. The minimum atomic E-state index is -0.774. The summed E-state index contributed by atoms with van der Waals surface area (Å²) in [5.41, 5.74) is 0. The molecule has 4 nitrogen and oxygen atoms in total. The SMILES string of the molecule is CC(CCC(=O)O)N[C@H](CO)C(C)C. The van der Waals surface area contributed by atoms with Crippen LogP contribution in [0.4, 0.5) is 0 Å². The summed E-state index contributed by atoms with van der Waals surface area (Å²) in [6, 6.07) is 0.185. The van der Waals surface area contributed by atoms with Crippen molar-refractivity contribution in [2.45, 2.75) is 45.7 Å². The third-order valence-corrected chi connectivity index (χ3v) is 2.29. The van der Waals surface area contributed by atoms with E-state index in [2.05, 4.69) is 5.32 Å². The van der Waals surface area contributed by atoms with Crippen molar-refractivity contribution in [1.82, 2.24) is 5.32 Å². The molecule has 0 fully saturated rings. The Morgan fingerprint density at radius 1 is 1.36 bits per heavy atom. The number of carbonyl (C=O) groups is 1. The molecule has 2 atom stereocenters. The van der Waals surface area contributed by atoms with E-state index in [0.717, 1.165) is 0 Å². The summed E-state index contributed by atoms with van der Waals surface area (Å²) >= 11 is 0. The van der Waals surface area contributed by atoms with E-state index in [1.54, 1.807) is 0 Å². The zero-order chi connectivity index (χ0) is 11.1. The van der Waals surface area contributed by atoms with Crippen LogP contribution in [0.2, 0.25) is 0 Å². The smallest absolute Gasteiger partial charge is 0.303 e. The average molecular weight is 203 g/mol. The Morgan fingerprint density at radius 3 is 2.29 bits per heavy atom. The summed E-state index contributed by atoms with van der Waals surface area (Å²) in [5, 5.41) is 20.7. The molecule has 4 heteroatoms. The molecule has 0 aliphatic heterocycles. The molecular weight excluding hydrogens is 182 g/mol. The van der Waals surface area contributed by atoms with Gasteiger partial charge in [-0.2, -0.15) is 0 Å². The molecule has 0 bridgehead atoms. The fraction of sp³-hybridized carbons (Fsp3) is 0.900. The Hall–Kier alpha value is -0.610. The molecule has 1 unspecified atom stereocenters. The zero-order valence-electron chi connectivity index (χ0n) is 9.16. The van der Waals surface area contributed by atoms with Crippen LogP contribution in [0.1, 0.15) is 33.6 Å². The Morgan fingerprint density at radius 2 is 1.93 bits per heavy atom. The summed E-state index contributed by atoms with van der Waals surface area (Å²) in [7, 11) is 0. The third kappa shape index (κ3) is 5.94. The predicted molar refractivity (Wildman–Crippen MR) is 55.2 cm³/mol. The van der Waals surface area contributed by atoms with Gasteiger partial charge in [0, 0.05) is 18.5 Å². The van der Waals surface area contributed by atoms with Gasteiger partial charge in [-0.05, 0) is 19.3 Å². The third-order valence-electron chi connectivity index (χ3n) is 2.29. The Labute approximate surface area is 85.3 Å². The molecule has 0 saturated heterocycles. The van der Waals surface area contributed by atoms with Crippen LogP contribution < -0.4 is 5.32 Å². The fourth-order valence-corrected chi connectivity index (χ4v) is 1.24. The molecule has 0 aliphatic carbocycles. The van der Waals surface area contributed by atoms with Crippen LogP contribution in [0, 0.1) is 5.92 Å². The second kappa shape index (κ2) is 6.79. The lowest BCUT2D eigenvalue weighted by Crippen LogP contribution is -2.42. The molecule has 0 amide bonds. The first-order valence-electron chi connectivity index (χ1n) is 5.06. The number of aliphatic carboxylic acids is 1. The minimum Gasteiger partial charge on any atom is -0.481 e. The van der Waals surface area contributed by atoms with Gasteiger partial charge in [-0.1, -0.05) is 13.8 Å². The molecule has 84 valence electrons. The van der Waals surface area contributed by atoms with Crippen molar-refractivity contribution < 1.29 is 15.0 Å². The maximum Gasteiger partial charge on any atom is 0.303 e. The van der Waals surface area contributed by atoms with Crippen LogP contribution in [-0.2, 0) is 4.79 Å². The number of hydrogen-bond donors (Lipinski definition) is 3. The lowest BCUT2D eigenvalue weighted by atomic mass is 10.0. The molecule has 0 aromatic rings. The first-order chi connectivity index (χ1) is 6.47. The molecule has 0 aliphatic rings. The average Bonchev–Trinajstić information content (AvgIpc) is 2.10. The normalized spacial score (nSPS) is 15.5. The Bertz CT molecular complexity index is 171. The van der Waals surface area contributed by atoms with Gasteiger partial charge in [-0.25, -0.2) is 0 Å². The van der Waals surface area contributed by atoms with Crippen molar-refractivity contribution >= 4 is 5.97 Å². The second-order valence-electron chi connectivity index (χ2n) is 4.03. The van der Waals surface area contributed by atoms with Gasteiger partial charge < -0.3 is 15.5 Å². The van der Waals surface area contributed by atoms with E-state index < -0.39 is 5.97 Å². The van der Waals surface area contributed by atoms with Crippen LogP contribution in [0.5, 0.6) is 0 Å². The molecule has 0 radical (unpaired) electrons. The molecule has 0 aromatic carbocycles. The van der Waals surface area contributed by atoms with Gasteiger partial charge in [-0.3, -0.25) is 4.79 Å². The number of carboxylic acid groups (broad SMARTS) is 1. The van der Waals surface area contributed by atoms with Crippen molar-refractivity contribution in [1.29, 1.82) is 0 Å². The van der Waals surface area contributed by atoms with Crippen molar-refractivity contribution in [3.8, 4) is 0 Å². The van der Waals surface area contributed by atoms with Crippen molar-refractivity contribution in [2.24, 2.45) is 5.92 Å². The van der Waals surface area contributed by atoms with Crippen molar-refractivity contribution in [2.75, 3.05) is 6.61 Å². The largest absolute Gasteiger partial charge is 0.481 e. The first kappa shape index (κ1) is 13.4. The van der Waals surface area contributed by atoms with Gasteiger partial charge in [-0.15, -0.1) is 0 Å². The molecule has 0 spiro atoms. The van der Waals surface area contributed by atoms with Crippen molar-refractivity contribution in [3.05, 3.63) is 0 Å². The highest BCUT2D eigenvalue weighted by atomic mass is 16.4. The van der Waals surface area contributed by atoms with Crippen LogP contribution in [0.15, 0.2) is 0 Å². The lowest BCUT2D eigenvalue weighted by Gasteiger charge is -2.24. The highest BCUT2D eigenvalue weighted by Crippen LogP contribution is 2.04. The number of nitrogens with one attached hydrogen (secondary N) is 1. The molecule has 3 N–H and O–H groups in total. The van der Waals surface area contributed by atoms with Crippen LogP contribution in [0.25, 0.3) is 0 Å². The predicted octanol–water partition coefficient (Wildman–Crippen LogP) is 0.846. The van der Waals surface area contributed by atoms with E-state index in [1.165, 1.54) is 0 Å². The highest BCUT2D eigenvalue weighted by Gasteiger charge is 2.14. The molecule has 0 heterocycles. The molecule has 14 heavy (non-hydrogen) atoms. The van der Waals surface area contributed by atoms with Crippen LogP contribution in [-0.4, -0.2) is 34.9 Å². The number of rotatable bonds is 7. The summed E-state index contributed by atoms with van der Waals surface area (Å²) in [6.07, 6.45) is 0.767. The number of aliphatic hydroxyl groups excluding tert-OH is 1. The van der Waals surface area contributed by atoms with E-state index in [-0.39, 0.29) is 25.1 Å². The molecule has 0 rings (SSSR count). The summed E-state index contributed by atoms with van der Waals surface area (Å²) in [4.78, 5) is 10.3. The highest BCUT2D eigenvalue weighted by molar-refractivity contribution is 5.66. The maximum absolute atomic E-state index is 10.3. The topological polar surface area (TPSA) is 69.6 Å². The molecule has 0 saturated carbocycles. The van der Waals surface area contributed by atoms with E-state index in [1.807, 2.05) is 20.8 Å². The molecular formula is C10H21NO3. The van der Waals surface area contributed by atoms with Crippen LogP contribution >= 0.6 is 0 Å². The minimum absolute atomic E-state index is 0.0544. The van der Waals surface area contributed by atoms with Gasteiger partial charge in [0.1, 0.15) is 0 Å². The van der Waals surface area contributed by atoms with Gasteiger partial charge in [0.25, 0.3) is 0 Å². The van der Waals surface area contributed by atoms with Gasteiger partial charge in [0.2, 0.25) is 0 Å². The Balaban J connectivity index is 3.78. The summed E-state index contributed by atoms with van der Waals surface area (Å²) in [6.45, 7) is 6.08.